The van der Waals surface area contributed by atoms with Crippen molar-refractivity contribution >= 4 is 39.2 Å². The number of benzene rings is 1. The van der Waals surface area contributed by atoms with Crippen LogP contribution in [0.2, 0.25) is 0 Å². The number of likely N-dealkylation sites (N-methyl/N-ethyl adjacent to an activating group) is 1. The van der Waals surface area contributed by atoms with Gasteiger partial charge in [-0.3, -0.25) is 4.79 Å². The number of nitrogens with one attached hydrogen (secondary N) is 1. The minimum absolute atomic E-state index is 0.0819. The largest absolute Gasteiger partial charge is 0.384 e. The fraction of sp³-hybridized carbons (Fsp3) is 0.158. The molecular formula is C19H19N3OS. The fourth-order valence-electron chi connectivity index (χ4n) is 2.69. The third-order valence-corrected chi connectivity index (χ3v) is 5.06. The average molecular weight is 337 g/mol. The molecule has 4 nitrogen and oxygen atoms in total. The second-order valence-corrected chi connectivity index (χ2v) is 6.83. The number of carbonyl (C=O) groups excluding carboxylic acids is 1. The third kappa shape index (κ3) is 3.31. The Kier molecular flexibility index (Phi) is 4.62. The summed E-state index contributed by atoms with van der Waals surface area (Å²) < 4.78 is 1.25. The number of anilines is 1. The van der Waals surface area contributed by atoms with Gasteiger partial charge in [-0.25, -0.2) is 4.98 Å². The van der Waals surface area contributed by atoms with E-state index in [4.69, 9.17) is 5.73 Å². The molecule has 3 N–H and O–H groups in total. The highest BCUT2D eigenvalue weighted by atomic mass is 32.1. The van der Waals surface area contributed by atoms with Crippen LogP contribution in [0.1, 0.15) is 16.0 Å². The van der Waals surface area contributed by atoms with Crippen LogP contribution in [0.3, 0.4) is 0 Å². The Hall–Kier alpha value is -2.66. The van der Waals surface area contributed by atoms with E-state index in [-0.39, 0.29) is 5.91 Å². The minimum Gasteiger partial charge on any atom is -0.384 e. The summed E-state index contributed by atoms with van der Waals surface area (Å²) in [7, 11) is 1.65. The summed E-state index contributed by atoms with van der Waals surface area (Å²) >= 11 is 1.76. The normalized spacial score (nSPS) is 11.7. The molecule has 0 radical (unpaired) electrons. The molecule has 0 spiro atoms. The molecule has 0 saturated heterocycles. The lowest BCUT2D eigenvalue weighted by molar-refractivity contribution is -0.117. The Morgan fingerprint density at radius 2 is 2.08 bits per heavy atom. The first-order chi connectivity index (χ1) is 11.6. The zero-order valence-electron chi connectivity index (χ0n) is 13.7. The van der Waals surface area contributed by atoms with Crippen LogP contribution in [-0.2, 0) is 11.2 Å². The standard InChI is InChI=1S/C19H19N3OS/c1-12-16(15-5-3-4-6-17(15)24-12)10-14(19(23)21-2)9-13-7-8-18(20)22-11-13/h3-9,11H,10H2,1-2H3,(H2,20,22)(H,21,23)/b14-9+. The number of thiophene rings is 1. The van der Waals surface area contributed by atoms with Gasteiger partial charge in [-0.2, -0.15) is 0 Å². The van der Waals surface area contributed by atoms with E-state index in [1.165, 1.54) is 20.5 Å². The van der Waals surface area contributed by atoms with E-state index in [9.17, 15) is 4.79 Å². The molecule has 0 bridgehead atoms. The zero-order valence-corrected chi connectivity index (χ0v) is 14.5. The number of rotatable bonds is 4. The maximum absolute atomic E-state index is 12.3. The van der Waals surface area contributed by atoms with E-state index in [0.717, 1.165) is 5.56 Å². The van der Waals surface area contributed by atoms with Crippen molar-refractivity contribution in [3.8, 4) is 0 Å². The Balaban J connectivity index is 2.02. The summed E-state index contributed by atoms with van der Waals surface area (Å²) in [6.07, 6.45) is 4.13. The topological polar surface area (TPSA) is 68.0 Å². The molecule has 0 unspecified atom stereocenters. The summed E-state index contributed by atoms with van der Waals surface area (Å²) in [5, 5.41) is 3.94. The first-order valence-corrected chi connectivity index (χ1v) is 8.51. The molecular weight excluding hydrogens is 318 g/mol. The molecule has 0 saturated carbocycles. The van der Waals surface area contributed by atoms with Crippen LogP contribution < -0.4 is 11.1 Å². The number of pyridine rings is 1. The fourth-order valence-corrected chi connectivity index (χ4v) is 3.78. The van der Waals surface area contributed by atoms with Gasteiger partial charge in [0.15, 0.2) is 0 Å². The molecule has 0 fully saturated rings. The van der Waals surface area contributed by atoms with Crippen molar-refractivity contribution in [1.82, 2.24) is 10.3 Å². The van der Waals surface area contributed by atoms with E-state index < -0.39 is 0 Å². The van der Waals surface area contributed by atoms with Crippen molar-refractivity contribution < 1.29 is 4.79 Å². The van der Waals surface area contributed by atoms with E-state index in [2.05, 4.69) is 29.4 Å². The van der Waals surface area contributed by atoms with E-state index in [0.29, 0.717) is 17.8 Å². The number of nitrogens with zero attached hydrogens (tertiary/aromatic N) is 1. The Morgan fingerprint density at radius 3 is 2.79 bits per heavy atom. The Labute approximate surface area is 145 Å². The highest BCUT2D eigenvalue weighted by Gasteiger charge is 2.15. The smallest absolute Gasteiger partial charge is 0.247 e. The summed E-state index contributed by atoms with van der Waals surface area (Å²) in [4.78, 5) is 17.7. The van der Waals surface area contributed by atoms with E-state index >= 15 is 0 Å². The molecule has 0 aliphatic carbocycles. The molecule has 2 aromatic heterocycles. The van der Waals surface area contributed by atoms with Gasteiger partial charge >= 0.3 is 0 Å². The lowest BCUT2D eigenvalue weighted by Gasteiger charge is -2.08. The van der Waals surface area contributed by atoms with Crippen LogP contribution in [0, 0.1) is 6.92 Å². The quantitative estimate of drug-likeness (QED) is 0.715. The molecule has 3 aromatic rings. The van der Waals surface area contributed by atoms with Crippen LogP contribution in [0.25, 0.3) is 16.2 Å². The number of aryl methyl sites for hydroxylation is 1. The molecule has 1 amide bonds. The highest BCUT2D eigenvalue weighted by molar-refractivity contribution is 7.19. The minimum atomic E-state index is -0.0819. The number of aromatic nitrogens is 1. The molecule has 0 atom stereocenters. The van der Waals surface area contributed by atoms with Crippen molar-refractivity contribution in [3.05, 3.63) is 64.2 Å². The van der Waals surface area contributed by atoms with Gasteiger partial charge in [0.2, 0.25) is 5.91 Å². The average Bonchev–Trinajstić information content (AvgIpc) is 2.91. The Bertz CT molecular complexity index is 910. The highest BCUT2D eigenvalue weighted by Crippen LogP contribution is 2.32. The van der Waals surface area contributed by atoms with Crippen molar-refractivity contribution in [2.24, 2.45) is 0 Å². The second-order valence-electron chi connectivity index (χ2n) is 5.57. The lowest BCUT2D eigenvalue weighted by Crippen LogP contribution is -2.21. The molecule has 0 aliphatic rings. The maximum Gasteiger partial charge on any atom is 0.247 e. The first-order valence-electron chi connectivity index (χ1n) is 7.69. The number of fused-ring (bicyclic) bond motifs is 1. The SMILES string of the molecule is CNC(=O)/C(=C/c1ccc(N)nc1)Cc1c(C)sc2ccccc12. The van der Waals surface area contributed by atoms with Crippen LogP contribution >= 0.6 is 11.3 Å². The van der Waals surface area contributed by atoms with Crippen LogP contribution in [-0.4, -0.2) is 17.9 Å². The molecule has 5 heteroatoms. The predicted molar refractivity (Wildman–Crippen MR) is 101 cm³/mol. The van der Waals surface area contributed by atoms with Gasteiger partial charge in [0, 0.05) is 34.8 Å². The number of nitrogens with two attached hydrogens (primary N) is 1. The zero-order chi connectivity index (χ0) is 17.1. The number of amides is 1. The van der Waals surface area contributed by atoms with Crippen molar-refractivity contribution in [3.63, 3.8) is 0 Å². The summed E-state index contributed by atoms with van der Waals surface area (Å²) in [6.45, 7) is 2.10. The van der Waals surface area contributed by atoms with E-state index in [1.54, 1.807) is 30.6 Å². The molecule has 3 rings (SSSR count). The van der Waals surface area contributed by atoms with Gasteiger partial charge in [0.1, 0.15) is 5.82 Å². The van der Waals surface area contributed by atoms with E-state index in [1.807, 2.05) is 24.3 Å². The van der Waals surface area contributed by atoms with Crippen LogP contribution in [0.15, 0.2) is 48.2 Å². The molecule has 2 heterocycles. The molecule has 0 aliphatic heterocycles. The number of nitrogen functional groups attached to an aromatic ring is 1. The van der Waals surface area contributed by atoms with Gasteiger partial charge in [-0.05, 0) is 47.7 Å². The van der Waals surface area contributed by atoms with Gasteiger partial charge < -0.3 is 11.1 Å². The van der Waals surface area contributed by atoms with Crippen molar-refractivity contribution in [2.45, 2.75) is 13.3 Å². The Morgan fingerprint density at radius 1 is 1.29 bits per heavy atom. The molecule has 1 aromatic carbocycles. The monoisotopic (exact) mass is 337 g/mol. The predicted octanol–water partition coefficient (Wildman–Crippen LogP) is 3.56. The maximum atomic E-state index is 12.3. The van der Waals surface area contributed by atoms with Crippen LogP contribution in [0.5, 0.6) is 0 Å². The summed E-state index contributed by atoms with van der Waals surface area (Å²) in [5.74, 6) is 0.384. The first kappa shape index (κ1) is 16.2. The number of hydrogen-bond acceptors (Lipinski definition) is 4. The third-order valence-electron chi connectivity index (χ3n) is 3.94. The van der Waals surface area contributed by atoms with Gasteiger partial charge in [-0.15, -0.1) is 11.3 Å². The van der Waals surface area contributed by atoms with Gasteiger partial charge in [0.25, 0.3) is 0 Å². The number of hydrogen-bond donors (Lipinski definition) is 2. The number of carbonyl (C=O) groups is 1. The lowest BCUT2D eigenvalue weighted by atomic mass is 10.00. The summed E-state index contributed by atoms with van der Waals surface area (Å²) in [5.41, 5.74) is 8.39. The van der Waals surface area contributed by atoms with Crippen molar-refractivity contribution in [1.29, 1.82) is 0 Å². The second kappa shape index (κ2) is 6.84. The summed E-state index contributed by atoms with van der Waals surface area (Å²) in [6, 6.07) is 11.9. The molecule has 24 heavy (non-hydrogen) atoms. The van der Waals surface area contributed by atoms with Crippen LogP contribution in [0.4, 0.5) is 5.82 Å². The van der Waals surface area contributed by atoms with Gasteiger partial charge in [0.05, 0.1) is 0 Å². The molecule has 122 valence electrons. The van der Waals surface area contributed by atoms with Gasteiger partial charge in [-0.1, -0.05) is 18.2 Å². The van der Waals surface area contributed by atoms with Crippen molar-refractivity contribution in [2.75, 3.05) is 12.8 Å².